The van der Waals surface area contributed by atoms with Crippen LogP contribution in [-0.2, 0) is 13.5 Å². The predicted molar refractivity (Wildman–Crippen MR) is 65.8 cm³/mol. The number of hydrogen-bond acceptors (Lipinski definition) is 3. The summed E-state index contributed by atoms with van der Waals surface area (Å²) in [5.41, 5.74) is 2.58. The Hall–Kier alpha value is -0.940. The van der Waals surface area contributed by atoms with Crippen LogP contribution in [0.3, 0.4) is 0 Å². The van der Waals surface area contributed by atoms with Gasteiger partial charge in [0.2, 0.25) is 0 Å². The first-order chi connectivity index (χ1) is 7.15. The van der Waals surface area contributed by atoms with Crippen molar-refractivity contribution < 1.29 is 0 Å². The van der Waals surface area contributed by atoms with E-state index in [9.17, 15) is 0 Å². The highest BCUT2D eigenvalue weighted by atomic mass is 32.1. The molecule has 5 heteroatoms. The van der Waals surface area contributed by atoms with Gasteiger partial charge in [-0.2, -0.15) is 5.10 Å². The Kier molecular flexibility index (Phi) is 2.75. The molecule has 0 aliphatic carbocycles. The molecule has 80 valence electrons. The smallest absolute Gasteiger partial charge is 0.195 e. The number of aryl methyl sites for hydroxylation is 1. The number of H-pyrrole nitrogens is 1. The minimum atomic E-state index is 0.663. The van der Waals surface area contributed by atoms with E-state index < -0.39 is 0 Å². The molecule has 3 nitrogen and oxygen atoms in total. The lowest BCUT2D eigenvalue weighted by Crippen LogP contribution is -1.94. The fourth-order valence-corrected chi connectivity index (χ4v) is 2.77. The maximum atomic E-state index is 5.11. The summed E-state index contributed by atoms with van der Waals surface area (Å²) in [5, 5.41) is 9.23. The Morgan fingerprint density at radius 2 is 2.33 bits per heavy atom. The van der Waals surface area contributed by atoms with Crippen molar-refractivity contribution >= 4 is 23.6 Å². The van der Waals surface area contributed by atoms with Gasteiger partial charge in [0.1, 0.15) is 0 Å². The molecule has 0 atom stereocenters. The standard InChI is InChI=1S/C10H13N3S2/c1-4-7-6(2)15-5-8(7)9-11-12-10(14)13(9)3/h5H,4H2,1-3H3,(H,12,14). The highest BCUT2D eigenvalue weighted by Gasteiger charge is 2.13. The number of nitrogens with zero attached hydrogens (tertiary/aromatic N) is 2. The fourth-order valence-electron chi connectivity index (χ4n) is 1.69. The summed E-state index contributed by atoms with van der Waals surface area (Å²) in [7, 11) is 1.94. The average molecular weight is 239 g/mol. The lowest BCUT2D eigenvalue weighted by molar-refractivity contribution is 0.900. The quantitative estimate of drug-likeness (QED) is 0.817. The van der Waals surface area contributed by atoms with Crippen LogP contribution in [0.15, 0.2) is 5.38 Å². The van der Waals surface area contributed by atoms with Gasteiger partial charge in [-0.25, -0.2) is 0 Å². The summed E-state index contributed by atoms with van der Waals surface area (Å²) < 4.78 is 2.58. The first kappa shape index (κ1) is 10.6. The SMILES string of the molecule is CCc1c(-c2n[nH]c(=S)n2C)csc1C. The van der Waals surface area contributed by atoms with Crippen molar-refractivity contribution in [3.8, 4) is 11.4 Å². The summed E-state index contributed by atoms with van der Waals surface area (Å²) in [4.78, 5) is 1.36. The minimum absolute atomic E-state index is 0.663. The van der Waals surface area contributed by atoms with E-state index in [1.54, 1.807) is 11.3 Å². The van der Waals surface area contributed by atoms with Crippen molar-refractivity contribution in [2.24, 2.45) is 7.05 Å². The van der Waals surface area contributed by atoms with E-state index in [2.05, 4.69) is 29.4 Å². The van der Waals surface area contributed by atoms with Crippen molar-refractivity contribution in [1.29, 1.82) is 0 Å². The Bertz CT molecular complexity index is 533. The fraction of sp³-hybridized carbons (Fsp3) is 0.400. The second kappa shape index (κ2) is 3.90. The van der Waals surface area contributed by atoms with Crippen LogP contribution in [0.1, 0.15) is 17.4 Å². The van der Waals surface area contributed by atoms with Gasteiger partial charge in [0.05, 0.1) is 0 Å². The number of thiophene rings is 1. The Morgan fingerprint density at radius 3 is 2.87 bits per heavy atom. The van der Waals surface area contributed by atoms with Crippen LogP contribution in [-0.4, -0.2) is 14.8 Å². The normalized spacial score (nSPS) is 10.9. The van der Waals surface area contributed by atoms with Crippen molar-refractivity contribution in [2.45, 2.75) is 20.3 Å². The van der Waals surface area contributed by atoms with Crippen molar-refractivity contribution in [2.75, 3.05) is 0 Å². The van der Waals surface area contributed by atoms with Gasteiger partial charge in [-0.15, -0.1) is 11.3 Å². The molecule has 0 spiro atoms. The van der Waals surface area contributed by atoms with E-state index in [1.807, 2.05) is 11.6 Å². The van der Waals surface area contributed by atoms with Gasteiger partial charge in [0, 0.05) is 22.9 Å². The van der Waals surface area contributed by atoms with Crippen LogP contribution in [0.5, 0.6) is 0 Å². The molecule has 15 heavy (non-hydrogen) atoms. The number of nitrogens with one attached hydrogen (secondary N) is 1. The molecule has 0 radical (unpaired) electrons. The number of aromatic amines is 1. The zero-order valence-corrected chi connectivity index (χ0v) is 10.6. The molecule has 0 aliphatic heterocycles. The zero-order chi connectivity index (χ0) is 11.0. The minimum Gasteiger partial charge on any atom is -0.303 e. The molecule has 2 aromatic rings. The van der Waals surface area contributed by atoms with Crippen molar-refractivity contribution in [3.05, 3.63) is 20.6 Å². The van der Waals surface area contributed by atoms with E-state index in [0.717, 1.165) is 12.2 Å². The zero-order valence-electron chi connectivity index (χ0n) is 9.00. The lowest BCUT2D eigenvalue weighted by atomic mass is 10.1. The lowest BCUT2D eigenvalue weighted by Gasteiger charge is -2.01. The summed E-state index contributed by atoms with van der Waals surface area (Å²) in [6, 6.07) is 0. The molecular formula is C10H13N3S2. The van der Waals surface area contributed by atoms with Gasteiger partial charge >= 0.3 is 0 Å². The van der Waals surface area contributed by atoms with Gasteiger partial charge in [-0.05, 0) is 31.1 Å². The molecule has 2 rings (SSSR count). The van der Waals surface area contributed by atoms with Crippen LogP contribution in [0, 0.1) is 11.7 Å². The van der Waals surface area contributed by atoms with E-state index in [4.69, 9.17) is 12.2 Å². The summed E-state index contributed by atoms with van der Waals surface area (Å²) in [5.74, 6) is 0.932. The van der Waals surface area contributed by atoms with Crippen LogP contribution in [0.25, 0.3) is 11.4 Å². The van der Waals surface area contributed by atoms with E-state index in [-0.39, 0.29) is 0 Å². The first-order valence-corrected chi connectivity index (χ1v) is 6.12. The van der Waals surface area contributed by atoms with Crippen LogP contribution < -0.4 is 0 Å². The molecule has 0 aromatic carbocycles. The molecule has 0 fully saturated rings. The highest BCUT2D eigenvalue weighted by molar-refractivity contribution is 7.71. The van der Waals surface area contributed by atoms with Crippen LogP contribution in [0.4, 0.5) is 0 Å². The summed E-state index contributed by atoms with van der Waals surface area (Å²) in [6.07, 6.45) is 1.03. The second-order valence-corrected chi connectivity index (χ2v) is 4.92. The third-order valence-electron chi connectivity index (χ3n) is 2.58. The van der Waals surface area contributed by atoms with Gasteiger partial charge in [0.15, 0.2) is 10.6 Å². The molecule has 0 saturated carbocycles. The topological polar surface area (TPSA) is 33.6 Å². The summed E-state index contributed by atoms with van der Waals surface area (Å²) >= 11 is 6.88. The van der Waals surface area contributed by atoms with Crippen LogP contribution in [0.2, 0.25) is 0 Å². The monoisotopic (exact) mass is 239 g/mol. The molecule has 0 aliphatic rings. The van der Waals surface area contributed by atoms with Crippen LogP contribution >= 0.6 is 23.6 Å². The maximum absolute atomic E-state index is 5.11. The second-order valence-electron chi connectivity index (χ2n) is 3.45. The van der Waals surface area contributed by atoms with Gasteiger partial charge < -0.3 is 4.57 Å². The van der Waals surface area contributed by atoms with E-state index in [0.29, 0.717) is 4.77 Å². The van der Waals surface area contributed by atoms with E-state index in [1.165, 1.54) is 16.0 Å². The van der Waals surface area contributed by atoms with Crippen molar-refractivity contribution in [3.63, 3.8) is 0 Å². The Balaban J connectivity index is 2.63. The molecular weight excluding hydrogens is 226 g/mol. The van der Waals surface area contributed by atoms with Crippen molar-refractivity contribution in [1.82, 2.24) is 14.8 Å². The van der Waals surface area contributed by atoms with E-state index >= 15 is 0 Å². The highest BCUT2D eigenvalue weighted by Crippen LogP contribution is 2.30. The average Bonchev–Trinajstić information content (AvgIpc) is 2.73. The number of hydrogen-bond donors (Lipinski definition) is 1. The molecule has 2 heterocycles. The maximum Gasteiger partial charge on any atom is 0.195 e. The number of rotatable bonds is 2. The molecule has 0 bridgehead atoms. The number of aromatic nitrogens is 3. The molecule has 1 N–H and O–H groups in total. The predicted octanol–water partition coefficient (Wildman–Crippen LogP) is 3.08. The largest absolute Gasteiger partial charge is 0.303 e. The summed E-state index contributed by atoms with van der Waals surface area (Å²) in [6.45, 7) is 4.31. The Labute approximate surface area is 97.8 Å². The third-order valence-corrected chi connectivity index (χ3v) is 3.90. The molecule has 2 aromatic heterocycles. The molecule has 0 saturated heterocycles. The molecule has 0 unspecified atom stereocenters. The first-order valence-electron chi connectivity index (χ1n) is 4.83. The van der Waals surface area contributed by atoms with Gasteiger partial charge in [-0.3, -0.25) is 5.10 Å². The van der Waals surface area contributed by atoms with Gasteiger partial charge in [-0.1, -0.05) is 6.92 Å². The Morgan fingerprint density at radius 1 is 1.60 bits per heavy atom. The van der Waals surface area contributed by atoms with Gasteiger partial charge in [0.25, 0.3) is 0 Å². The third kappa shape index (κ3) is 1.66. The molecule has 0 amide bonds.